The normalized spacial score (nSPS) is 15.3. The van der Waals surface area contributed by atoms with Crippen LogP contribution in [0.1, 0.15) is 35.9 Å². The number of hydrogen-bond acceptors (Lipinski definition) is 4. The van der Waals surface area contributed by atoms with Crippen molar-refractivity contribution in [1.82, 2.24) is 4.90 Å². The Morgan fingerprint density at radius 1 is 1.25 bits per heavy atom. The molecule has 2 aromatic rings. The lowest BCUT2D eigenvalue weighted by molar-refractivity contribution is 0.0661. The Bertz CT molecular complexity index is 745. The molecule has 1 aliphatic heterocycles. The Kier molecular flexibility index (Phi) is 4.99. The summed E-state index contributed by atoms with van der Waals surface area (Å²) in [7, 11) is 0. The third-order valence-corrected chi connectivity index (χ3v) is 4.32. The van der Waals surface area contributed by atoms with Gasteiger partial charge in [-0.15, -0.1) is 0 Å². The van der Waals surface area contributed by atoms with Crippen LogP contribution in [0.25, 0.3) is 0 Å². The smallest absolute Gasteiger partial charge is 0.289 e. The first-order valence-corrected chi connectivity index (χ1v) is 8.22. The SMILES string of the molecule is CC1CCN(C(=O)c2cc(=O)c(OCc3ccccc3)co2)CC1. The number of nitrogens with zero attached hydrogens (tertiary/aromatic N) is 1. The van der Waals surface area contributed by atoms with Gasteiger partial charge in [0.05, 0.1) is 0 Å². The van der Waals surface area contributed by atoms with Crippen molar-refractivity contribution in [1.29, 1.82) is 0 Å². The second-order valence-electron chi connectivity index (χ2n) is 6.22. The molecule has 0 saturated carbocycles. The molecule has 0 bridgehead atoms. The van der Waals surface area contributed by atoms with E-state index in [9.17, 15) is 9.59 Å². The lowest BCUT2D eigenvalue weighted by Crippen LogP contribution is -2.38. The van der Waals surface area contributed by atoms with Crippen LogP contribution in [0.4, 0.5) is 0 Å². The van der Waals surface area contributed by atoms with Crippen LogP contribution in [0, 0.1) is 5.92 Å². The van der Waals surface area contributed by atoms with Gasteiger partial charge in [0.1, 0.15) is 12.9 Å². The van der Waals surface area contributed by atoms with Crippen molar-refractivity contribution in [3.05, 3.63) is 64.2 Å². The predicted octanol–water partition coefficient (Wildman–Crippen LogP) is 3.09. The van der Waals surface area contributed by atoms with Crippen molar-refractivity contribution < 1.29 is 13.9 Å². The van der Waals surface area contributed by atoms with Gasteiger partial charge in [0.15, 0.2) is 5.76 Å². The first kappa shape index (κ1) is 16.3. The van der Waals surface area contributed by atoms with E-state index in [1.54, 1.807) is 4.90 Å². The summed E-state index contributed by atoms with van der Waals surface area (Å²) in [6.45, 7) is 3.87. The Labute approximate surface area is 140 Å². The zero-order valence-electron chi connectivity index (χ0n) is 13.7. The second kappa shape index (κ2) is 7.34. The fraction of sp³-hybridized carbons (Fsp3) is 0.368. The number of likely N-dealkylation sites (tertiary alicyclic amines) is 1. The average Bonchev–Trinajstić information content (AvgIpc) is 2.61. The van der Waals surface area contributed by atoms with E-state index in [1.165, 1.54) is 12.3 Å². The zero-order chi connectivity index (χ0) is 16.9. The molecule has 3 rings (SSSR count). The van der Waals surface area contributed by atoms with Gasteiger partial charge in [-0.1, -0.05) is 37.3 Å². The summed E-state index contributed by atoms with van der Waals surface area (Å²) in [5, 5.41) is 0. The van der Waals surface area contributed by atoms with E-state index in [2.05, 4.69) is 6.92 Å². The number of carbonyl (C=O) groups excluding carboxylic acids is 1. The van der Waals surface area contributed by atoms with Crippen LogP contribution in [-0.2, 0) is 6.61 Å². The first-order chi connectivity index (χ1) is 11.6. The van der Waals surface area contributed by atoms with Crippen molar-refractivity contribution in [3.8, 4) is 5.75 Å². The number of benzene rings is 1. The largest absolute Gasteiger partial charge is 0.482 e. The number of carbonyl (C=O) groups is 1. The molecule has 1 saturated heterocycles. The van der Waals surface area contributed by atoms with E-state index in [4.69, 9.17) is 9.15 Å². The fourth-order valence-electron chi connectivity index (χ4n) is 2.72. The van der Waals surface area contributed by atoms with Crippen LogP contribution in [0.2, 0.25) is 0 Å². The van der Waals surface area contributed by atoms with Gasteiger partial charge in [-0.05, 0) is 24.3 Å². The zero-order valence-corrected chi connectivity index (χ0v) is 13.7. The Morgan fingerprint density at radius 2 is 1.96 bits per heavy atom. The van der Waals surface area contributed by atoms with E-state index >= 15 is 0 Å². The Balaban J connectivity index is 1.66. The van der Waals surface area contributed by atoms with E-state index in [-0.39, 0.29) is 29.5 Å². The van der Waals surface area contributed by atoms with E-state index in [0.717, 1.165) is 18.4 Å². The molecule has 0 aliphatic carbocycles. The second-order valence-corrected chi connectivity index (χ2v) is 6.22. The maximum atomic E-state index is 12.4. The molecule has 5 nitrogen and oxygen atoms in total. The van der Waals surface area contributed by atoms with E-state index < -0.39 is 0 Å². The first-order valence-electron chi connectivity index (χ1n) is 8.22. The summed E-state index contributed by atoms with van der Waals surface area (Å²) in [4.78, 5) is 26.3. The van der Waals surface area contributed by atoms with Gasteiger partial charge < -0.3 is 14.1 Å². The predicted molar refractivity (Wildman–Crippen MR) is 90.1 cm³/mol. The number of rotatable bonds is 4. The van der Waals surface area contributed by atoms with Crippen molar-refractivity contribution in [2.75, 3.05) is 13.1 Å². The van der Waals surface area contributed by atoms with Gasteiger partial charge in [-0.2, -0.15) is 0 Å². The fourth-order valence-corrected chi connectivity index (χ4v) is 2.72. The number of ether oxygens (including phenoxy) is 1. The van der Waals surface area contributed by atoms with Crippen molar-refractivity contribution >= 4 is 5.91 Å². The van der Waals surface area contributed by atoms with Crippen molar-refractivity contribution in [3.63, 3.8) is 0 Å². The van der Waals surface area contributed by atoms with E-state index in [0.29, 0.717) is 19.0 Å². The highest BCUT2D eigenvalue weighted by atomic mass is 16.5. The summed E-state index contributed by atoms with van der Waals surface area (Å²) in [5.74, 6) is 0.590. The molecule has 5 heteroatoms. The molecular formula is C19H21NO4. The molecule has 24 heavy (non-hydrogen) atoms. The monoisotopic (exact) mass is 327 g/mol. The van der Waals surface area contributed by atoms with Crippen LogP contribution in [0.3, 0.4) is 0 Å². The van der Waals surface area contributed by atoms with Crippen LogP contribution < -0.4 is 10.2 Å². The van der Waals surface area contributed by atoms with Crippen molar-refractivity contribution in [2.24, 2.45) is 5.92 Å². The van der Waals surface area contributed by atoms with Gasteiger partial charge in [-0.3, -0.25) is 9.59 Å². The van der Waals surface area contributed by atoms with Crippen LogP contribution in [0.15, 0.2) is 51.9 Å². The summed E-state index contributed by atoms with van der Waals surface area (Å²) >= 11 is 0. The third-order valence-electron chi connectivity index (χ3n) is 4.32. The lowest BCUT2D eigenvalue weighted by Gasteiger charge is -2.29. The summed E-state index contributed by atoms with van der Waals surface area (Å²) in [6.07, 6.45) is 3.19. The summed E-state index contributed by atoms with van der Waals surface area (Å²) < 4.78 is 10.8. The van der Waals surface area contributed by atoms with E-state index in [1.807, 2.05) is 30.3 Å². The van der Waals surface area contributed by atoms with Gasteiger partial charge >= 0.3 is 0 Å². The molecule has 1 amide bonds. The lowest BCUT2D eigenvalue weighted by atomic mass is 9.99. The molecule has 0 N–H and O–H groups in total. The number of amides is 1. The van der Waals surface area contributed by atoms with Crippen LogP contribution >= 0.6 is 0 Å². The molecule has 0 spiro atoms. The van der Waals surface area contributed by atoms with Gasteiger partial charge in [-0.25, -0.2) is 0 Å². The Hall–Kier alpha value is -2.56. The maximum Gasteiger partial charge on any atom is 0.289 e. The minimum absolute atomic E-state index is 0.0709. The number of hydrogen-bond donors (Lipinski definition) is 0. The molecule has 2 heterocycles. The highest BCUT2D eigenvalue weighted by Gasteiger charge is 2.23. The van der Waals surface area contributed by atoms with Gasteiger partial charge in [0.2, 0.25) is 11.2 Å². The molecule has 1 aromatic heterocycles. The summed E-state index contributed by atoms with van der Waals surface area (Å²) in [5.41, 5.74) is 0.616. The molecule has 1 fully saturated rings. The minimum Gasteiger partial charge on any atom is -0.482 e. The highest BCUT2D eigenvalue weighted by Crippen LogP contribution is 2.18. The van der Waals surface area contributed by atoms with Crippen molar-refractivity contribution in [2.45, 2.75) is 26.4 Å². The molecule has 1 aliphatic rings. The van der Waals surface area contributed by atoms with Crippen LogP contribution in [0.5, 0.6) is 5.75 Å². The highest BCUT2D eigenvalue weighted by molar-refractivity contribution is 5.91. The molecule has 0 radical (unpaired) electrons. The molecule has 126 valence electrons. The third kappa shape index (κ3) is 3.85. The topological polar surface area (TPSA) is 59.8 Å². The number of piperidine rings is 1. The maximum absolute atomic E-state index is 12.4. The molecular weight excluding hydrogens is 306 g/mol. The summed E-state index contributed by atoms with van der Waals surface area (Å²) in [6, 6.07) is 10.8. The van der Waals surface area contributed by atoms with Gasteiger partial charge in [0.25, 0.3) is 5.91 Å². The molecule has 0 atom stereocenters. The standard InChI is InChI=1S/C19H21NO4/c1-14-7-9-20(10-8-14)19(22)17-11-16(21)18(13-24-17)23-12-15-5-3-2-4-6-15/h2-6,11,13-14H,7-10,12H2,1H3. The Morgan fingerprint density at radius 3 is 2.62 bits per heavy atom. The quantitative estimate of drug-likeness (QED) is 0.866. The van der Waals surface area contributed by atoms with Crippen LogP contribution in [-0.4, -0.2) is 23.9 Å². The molecule has 0 unspecified atom stereocenters. The molecule has 1 aromatic carbocycles. The van der Waals surface area contributed by atoms with Gasteiger partial charge in [0, 0.05) is 19.2 Å². The average molecular weight is 327 g/mol. The minimum atomic E-state index is -0.342.